The third-order valence-corrected chi connectivity index (χ3v) is 6.98. The minimum absolute atomic E-state index is 0.0792. The molecule has 0 aromatic heterocycles. The summed E-state index contributed by atoms with van der Waals surface area (Å²) in [5.41, 5.74) is 5.37. The normalized spacial score (nSPS) is 33.8. The van der Waals surface area contributed by atoms with Crippen molar-refractivity contribution < 1.29 is 23.6 Å². The Balaban J connectivity index is 1.35. The van der Waals surface area contributed by atoms with Gasteiger partial charge in [-0.25, -0.2) is 4.39 Å². The molecule has 8 nitrogen and oxygen atoms in total. The highest BCUT2D eigenvalue weighted by Gasteiger charge is 2.59. The summed E-state index contributed by atoms with van der Waals surface area (Å²) in [5.74, 6) is -2.11. The quantitative estimate of drug-likeness (QED) is 0.697. The van der Waals surface area contributed by atoms with E-state index in [1.807, 2.05) is 4.90 Å². The van der Waals surface area contributed by atoms with Crippen molar-refractivity contribution in [3.8, 4) is 0 Å². The molecule has 0 bridgehead atoms. The number of halogens is 1. The van der Waals surface area contributed by atoms with E-state index in [0.717, 1.165) is 16.9 Å². The molecule has 3 heterocycles. The van der Waals surface area contributed by atoms with Crippen LogP contribution in [0, 0.1) is 0 Å². The first-order chi connectivity index (χ1) is 14.2. The molecule has 3 N–H and O–H groups in total. The Kier molecular flexibility index (Phi) is 4.14. The van der Waals surface area contributed by atoms with Gasteiger partial charge in [-0.05, 0) is 43.4 Å². The highest BCUT2D eigenvalue weighted by atomic mass is 19.1. The van der Waals surface area contributed by atoms with Crippen LogP contribution in [0.4, 0.5) is 4.39 Å². The Morgan fingerprint density at radius 1 is 1.10 bits per heavy atom. The molecule has 5 rings (SSSR count). The molecule has 4 aliphatic rings. The van der Waals surface area contributed by atoms with Crippen LogP contribution in [0.5, 0.6) is 0 Å². The molecule has 3 atom stereocenters. The molecular formula is C21H23FN4O4. The van der Waals surface area contributed by atoms with Gasteiger partial charge >= 0.3 is 0 Å². The number of nitrogens with one attached hydrogen (secondary N) is 1. The Hall–Kier alpha value is -2.65. The van der Waals surface area contributed by atoms with Gasteiger partial charge in [-0.2, -0.15) is 0 Å². The average Bonchev–Trinajstić information content (AvgIpc) is 3.18. The summed E-state index contributed by atoms with van der Waals surface area (Å²) in [7, 11) is 0. The lowest BCUT2D eigenvalue weighted by Crippen LogP contribution is -2.54. The molecule has 1 aliphatic carbocycles. The topological polar surface area (TPSA) is 113 Å². The zero-order valence-electron chi connectivity index (χ0n) is 16.4. The number of rotatable bonds is 3. The number of benzene rings is 1. The van der Waals surface area contributed by atoms with Gasteiger partial charge in [-0.15, -0.1) is 0 Å². The highest BCUT2D eigenvalue weighted by molar-refractivity contribution is 6.23. The van der Waals surface area contributed by atoms with E-state index in [1.54, 1.807) is 18.2 Å². The van der Waals surface area contributed by atoms with Crippen LogP contribution >= 0.6 is 0 Å². The van der Waals surface area contributed by atoms with Gasteiger partial charge in [-0.3, -0.25) is 34.3 Å². The van der Waals surface area contributed by atoms with Gasteiger partial charge in [0, 0.05) is 26.1 Å². The molecule has 30 heavy (non-hydrogen) atoms. The number of likely N-dealkylation sites (tertiary alicyclic amines) is 1. The van der Waals surface area contributed by atoms with E-state index in [9.17, 15) is 19.2 Å². The lowest BCUT2D eigenvalue weighted by molar-refractivity contribution is -0.136. The van der Waals surface area contributed by atoms with Crippen LogP contribution in [0.25, 0.3) is 0 Å². The molecule has 9 heteroatoms. The van der Waals surface area contributed by atoms with Crippen molar-refractivity contribution in [1.29, 1.82) is 0 Å². The maximum Gasteiger partial charge on any atom is 0.262 e. The molecule has 1 unspecified atom stereocenters. The number of hydrogen-bond acceptors (Lipinski definition) is 6. The van der Waals surface area contributed by atoms with Gasteiger partial charge in [0.25, 0.3) is 11.8 Å². The number of piperidine rings is 1. The second-order valence-electron chi connectivity index (χ2n) is 8.95. The van der Waals surface area contributed by atoms with Crippen molar-refractivity contribution in [1.82, 2.24) is 15.1 Å². The number of carbonyl (C=O) groups is 4. The first kappa shape index (κ1) is 19.3. The van der Waals surface area contributed by atoms with Crippen molar-refractivity contribution in [2.24, 2.45) is 5.73 Å². The van der Waals surface area contributed by atoms with Crippen LogP contribution in [0.3, 0.4) is 0 Å². The lowest BCUT2D eigenvalue weighted by Gasteiger charge is -2.28. The van der Waals surface area contributed by atoms with Crippen molar-refractivity contribution in [2.45, 2.75) is 55.9 Å². The fourth-order valence-electron chi connectivity index (χ4n) is 5.41. The number of fused-ring (bicyclic) bond motifs is 2. The number of alkyl halides is 1. The van der Waals surface area contributed by atoms with E-state index in [1.165, 1.54) is 0 Å². The van der Waals surface area contributed by atoms with Crippen molar-refractivity contribution >= 4 is 23.6 Å². The van der Waals surface area contributed by atoms with Crippen LogP contribution < -0.4 is 11.1 Å². The van der Waals surface area contributed by atoms with Gasteiger partial charge in [0.1, 0.15) is 11.7 Å². The number of amides is 4. The Bertz CT molecular complexity index is 979. The largest absolute Gasteiger partial charge is 0.321 e. The smallest absolute Gasteiger partial charge is 0.262 e. The molecule has 4 amide bonds. The summed E-state index contributed by atoms with van der Waals surface area (Å²) < 4.78 is 15.2. The van der Waals surface area contributed by atoms with Crippen LogP contribution in [0.1, 0.15) is 58.4 Å². The summed E-state index contributed by atoms with van der Waals surface area (Å²) in [6, 6.07) is 3.99. The Morgan fingerprint density at radius 2 is 1.87 bits per heavy atom. The summed E-state index contributed by atoms with van der Waals surface area (Å²) >= 11 is 0. The number of imide groups is 2. The molecule has 2 saturated heterocycles. The maximum absolute atomic E-state index is 15.2. The summed E-state index contributed by atoms with van der Waals surface area (Å²) in [6.45, 7) is 1.14. The van der Waals surface area contributed by atoms with Crippen LogP contribution in [0.15, 0.2) is 18.2 Å². The average molecular weight is 414 g/mol. The molecular weight excluding hydrogens is 391 g/mol. The summed E-state index contributed by atoms with van der Waals surface area (Å²) in [6.07, 6.45) is 2.13. The maximum atomic E-state index is 15.2. The Labute approximate surface area is 172 Å². The molecule has 1 aromatic rings. The van der Waals surface area contributed by atoms with Crippen molar-refractivity contribution in [2.75, 3.05) is 13.1 Å². The van der Waals surface area contributed by atoms with Gasteiger partial charge in [0.15, 0.2) is 0 Å². The zero-order valence-corrected chi connectivity index (χ0v) is 16.4. The highest BCUT2D eigenvalue weighted by Crippen LogP contribution is 2.46. The van der Waals surface area contributed by atoms with Crippen LogP contribution in [-0.2, 0) is 16.1 Å². The molecule has 3 aliphatic heterocycles. The fraction of sp³-hybridized carbons (Fsp3) is 0.524. The fourth-order valence-corrected chi connectivity index (χ4v) is 5.41. The molecule has 0 spiro atoms. The van der Waals surface area contributed by atoms with Crippen LogP contribution in [0.2, 0.25) is 0 Å². The zero-order chi connectivity index (χ0) is 21.3. The molecule has 1 aromatic carbocycles. The van der Waals surface area contributed by atoms with E-state index in [0.29, 0.717) is 25.9 Å². The number of hydrogen-bond donors (Lipinski definition) is 2. The monoisotopic (exact) mass is 414 g/mol. The predicted octanol–water partition coefficient (Wildman–Crippen LogP) is 0.493. The summed E-state index contributed by atoms with van der Waals surface area (Å²) in [4.78, 5) is 52.1. The third-order valence-electron chi connectivity index (χ3n) is 6.98. The van der Waals surface area contributed by atoms with Gasteiger partial charge < -0.3 is 5.73 Å². The van der Waals surface area contributed by atoms with Crippen molar-refractivity contribution in [3.63, 3.8) is 0 Å². The minimum atomic E-state index is -1.38. The summed E-state index contributed by atoms with van der Waals surface area (Å²) in [5, 5.41) is 2.18. The van der Waals surface area contributed by atoms with E-state index >= 15 is 4.39 Å². The van der Waals surface area contributed by atoms with E-state index in [4.69, 9.17) is 5.73 Å². The number of nitrogens with zero attached hydrogens (tertiary/aromatic N) is 2. The number of carbonyl (C=O) groups excluding carboxylic acids is 4. The second kappa shape index (κ2) is 6.42. The molecule has 1 saturated carbocycles. The minimum Gasteiger partial charge on any atom is -0.321 e. The molecule has 3 fully saturated rings. The SMILES string of the molecule is N[C@]12CCC[C@@]1(F)CN(Cc1ccc3c(c1)C(=O)N(C1CCC(=O)NC1=O)C3=O)C2. The van der Waals surface area contributed by atoms with Gasteiger partial charge in [0.05, 0.1) is 16.7 Å². The third kappa shape index (κ3) is 2.72. The molecule has 158 valence electrons. The lowest BCUT2D eigenvalue weighted by atomic mass is 9.89. The molecule has 0 radical (unpaired) electrons. The first-order valence-electron chi connectivity index (χ1n) is 10.3. The standard InChI is InChI=1S/C21H23FN4O4/c22-20-6-1-7-21(20,23)11-25(10-20)9-12-2-3-13-14(8-12)19(30)26(18(13)29)15-4-5-16(27)24-17(15)28/h2-3,8,15H,1,4-7,9-11,23H2,(H,24,27,28)/t15?,20-,21+/m1/s1. The van der Waals surface area contributed by atoms with Gasteiger partial charge in [0.2, 0.25) is 11.8 Å². The van der Waals surface area contributed by atoms with Gasteiger partial charge in [-0.1, -0.05) is 6.07 Å². The Morgan fingerprint density at radius 3 is 2.60 bits per heavy atom. The van der Waals surface area contributed by atoms with E-state index < -0.39 is 40.9 Å². The van der Waals surface area contributed by atoms with Crippen molar-refractivity contribution in [3.05, 3.63) is 34.9 Å². The van der Waals surface area contributed by atoms with Crippen LogP contribution in [-0.4, -0.2) is 63.8 Å². The first-order valence-corrected chi connectivity index (χ1v) is 10.3. The second-order valence-corrected chi connectivity index (χ2v) is 8.95. The number of nitrogens with two attached hydrogens (primary N) is 1. The van der Waals surface area contributed by atoms with E-state index in [-0.39, 0.29) is 30.5 Å². The predicted molar refractivity (Wildman–Crippen MR) is 103 cm³/mol. The van der Waals surface area contributed by atoms with E-state index in [2.05, 4.69) is 5.32 Å².